The van der Waals surface area contributed by atoms with Gasteiger partial charge in [-0.1, -0.05) is 52.7 Å². The van der Waals surface area contributed by atoms with Crippen LogP contribution in [0.2, 0.25) is 0 Å². The first-order valence-corrected chi connectivity index (χ1v) is 13.1. The van der Waals surface area contributed by atoms with Crippen molar-refractivity contribution in [1.29, 1.82) is 0 Å². The van der Waals surface area contributed by atoms with E-state index in [0.717, 1.165) is 30.1 Å². The third-order valence-corrected chi connectivity index (χ3v) is 6.98. The number of rotatable bonds is 6. The van der Waals surface area contributed by atoms with Gasteiger partial charge in [0.05, 0.1) is 6.61 Å². The molecule has 3 aliphatic rings. The number of carbonyl (C=O) groups is 2. The van der Waals surface area contributed by atoms with Crippen LogP contribution in [0.25, 0.3) is 0 Å². The summed E-state index contributed by atoms with van der Waals surface area (Å²) in [5.74, 6) is 0.752. The molecule has 3 unspecified atom stereocenters. The Balaban J connectivity index is 0.000000277. The monoisotopic (exact) mass is 489 g/mol. The average Bonchev–Trinajstić information content (AvgIpc) is 3.39. The highest BCUT2D eigenvalue weighted by Gasteiger charge is 2.41. The lowest BCUT2D eigenvalue weighted by Crippen LogP contribution is -2.34. The highest BCUT2D eigenvalue weighted by molar-refractivity contribution is 5.76. The fraction of sp³-hybridized carbons (Fsp3) is 0.655. The smallest absolute Gasteiger partial charge is 0.326 e. The Bertz CT molecular complexity index is 897. The number of allylic oxidation sites excluding steroid dienone is 2. The van der Waals surface area contributed by atoms with Crippen molar-refractivity contribution in [3.8, 4) is 5.75 Å². The van der Waals surface area contributed by atoms with Gasteiger partial charge in [0.1, 0.15) is 17.6 Å². The molecular formula is C29H44FNO4. The Kier molecular flexibility index (Phi) is 10.8. The first kappa shape index (κ1) is 28.9. The molecule has 2 bridgehead atoms. The topological polar surface area (TPSA) is 66.8 Å². The summed E-state index contributed by atoms with van der Waals surface area (Å²) in [6.45, 7) is 14.0. The van der Waals surface area contributed by atoms with Gasteiger partial charge >= 0.3 is 5.97 Å². The summed E-state index contributed by atoms with van der Waals surface area (Å²) in [5.41, 5.74) is 3.67. The fourth-order valence-electron chi connectivity index (χ4n) is 5.40. The van der Waals surface area contributed by atoms with E-state index in [9.17, 15) is 14.0 Å². The van der Waals surface area contributed by atoms with E-state index in [4.69, 9.17) is 9.84 Å². The fourth-order valence-corrected chi connectivity index (χ4v) is 5.40. The molecule has 1 aromatic rings. The molecule has 1 aromatic carbocycles. The maximum atomic E-state index is 13.9. The van der Waals surface area contributed by atoms with Gasteiger partial charge in [-0.25, -0.2) is 9.18 Å². The molecule has 3 atom stereocenters. The first-order chi connectivity index (χ1) is 16.6. The van der Waals surface area contributed by atoms with Gasteiger partial charge in [-0.05, 0) is 74.5 Å². The molecule has 6 heteroatoms. The highest BCUT2D eigenvalue weighted by Crippen LogP contribution is 2.50. The van der Waals surface area contributed by atoms with Crippen LogP contribution in [0, 0.1) is 24.1 Å². The van der Waals surface area contributed by atoms with E-state index in [1.807, 2.05) is 13.0 Å². The first-order valence-electron chi connectivity index (χ1n) is 13.1. The summed E-state index contributed by atoms with van der Waals surface area (Å²) in [7, 11) is 0. The number of hydrogen-bond acceptors (Lipinski definition) is 3. The number of carbonyl (C=O) groups excluding carboxylic acids is 1. The predicted octanol–water partition coefficient (Wildman–Crippen LogP) is 6.88. The van der Waals surface area contributed by atoms with Crippen LogP contribution in [0.3, 0.4) is 0 Å². The third kappa shape index (κ3) is 7.81. The van der Waals surface area contributed by atoms with Gasteiger partial charge in [0, 0.05) is 18.0 Å². The molecule has 35 heavy (non-hydrogen) atoms. The number of carboxylic acid groups (broad SMARTS) is 1. The third-order valence-electron chi connectivity index (χ3n) is 6.98. The molecule has 1 amide bonds. The van der Waals surface area contributed by atoms with Crippen molar-refractivity contribution in [2.75, 3.05) is 13.2 Å². The van der Waals surface area contributed by atoms with E-state index in [0.29, 0.717) is 37.5 Å². The molecule has 4 rings (SSSR count). The number of amides is 1. The predicted molar refractivity (Wildman–Crippen MR) is 138 cm³/mol. The van der Waals surface area contributed by atoms with Crippen molar-refractivity contribution in [3.05, 3.63) is 40.7 Å². The van der Waals surface area contributed by atoms with E-state index in [-0.39, 0.29) is 11.2 Å². The molecule has 0 aromatic heterocycles. The maximum Gasteiger partial charge on any atom is 0.326 e. The average molecular weight is 490 g/mol. The maximum absolute atomic E-state index is 13.9. The lowest BCUT2D eigenvalue weighted by Gasteiger charge is -2.36. The summed E-state index contributed by atoms with van der Waals surface area (Å²) in [5, 5.41) is 8.51. The van der Waals surface area contributed by atoms with E-state index < -0.39 is 12.0 Å². The van der Waals surface area contributed by atoms with Gasteiger partial charge in [-0.3, -0.25) is 4.79 Å². The quantitative estimate of drug-likeness (QED) is 0.349. The lowest BCUT2D eigenvalue weighted by molar-refractivity contribution is -0.144. The van der Waals surface area contributed by atoms with Crippen LogP contribution in [-0.2, 0) is 9.59 Å². The number of nitrogens with zero attached hydrogens (tertiary/aromatic N) is 1. The molecule has 5 nitrogen and oxygen atoms in total. The number of aliphatic carboxylic acids is 1. The van der Waals surface area contributed by atoms with Gasteiger partial charge in [0.25, 0.3) is 0 Å². The second kappa shape index (κ2) is 13.1. The van der Waals surface area contributed by atoms with Crippen LogP contribution in [0.1, 0.15) is 96.6 Å². The molecule has 2 aliphatic carbocycles. The molecule has 1 saturated carbocycles. The van der Waals surface area contributed by atoms with Crippen LogP contribution in [0.15, 0.2) is 23.8 Å². The Hall–Kier alpha value is -2.37. The van der Waals surface area contributed by atoms with E-state index >= 15 is 0 Å². The second-order valence-electron chi connectivity index (χ2n) is 10.9. The van der Waals surface area contributed by atoms with Gasteiger partial charge in [-0.15, -0.1) is 0 Å². The van der Waals surface area contributed by atoms with Gasteiger partial charge in [0.15, 0.2) is 0 Å². The number of fused-ring (bicyclic) bond motifs is 2. The molecule has 1 aliphatic heterocycles. The normalized spacial score (nSPS) is 24.7. The zero-order valence-electron chi connectivity index (χ0n) is 22.4. The minimum atomic E-state index is -0.899. The van der Waals surface area contributed by atoms with Crippen LogP contribution >= 0.6 is 0 Å². The number of hydrogen-bond donors (Lipinski definition) is 1. The minimum Gasteiger partial charge on any atom is -0.493 e. The van der Waals surface area contributed by atoms with Crippen molar-refractivity contribution in [3.63, 3.8) is 0 Å². The number of aryl methyl sites for hydroxylation is 1. The van der Waals surface area contributed by atoms with Crippen LogP contribution in [0.4, 0.5) is 4.39 Å². The highest BCUT2D eigenvalue weighted by atomic mass is 19.1. The lowest BCUT2D eigenvalue weighted by atomic mass is 9.72. The molecule has 0 spiro atoms. The molecule has 1 saturated heterocycles. The molecule has 196 valence electrons. The molecular weight excluding hydrogens is 445 g/mol. The number of likely N-dealkylation sites (tertiary alicyclic amines) is 1. The minimum absolute atomic E-state index is 0.167. The Morgan fingerprint density at radius 3 is 2.60 bits per heavy atom. The zero-order valence-corrected chi connectivity index (χ0v) is 22.4. The van der Waals surface area contributed by atoms with Gasteiger partial charge in [0.2, 0.25) is 6.41 Å². The van der Waals surface area contributed by atoms with Crippen molar-refractivity contribution < 1.29 is 23.8 Å². The molecule has 0 radical (unpaired) electrons. The van der Waals surface area contributed by atoms with Crippen molar-refractivity contribution >= 4 is 12.4 Å². The Labute approximate surface area is 210 Å². The number of halogens is 1. The van der Waals surface area contributed by atoms with Crippen molar-refractivity contribution in [2.45, 2.75) is 98.4 Å². The van der Waals surface area contributed by atoms with E-state index in [1.165, 1.54) is 30.6 Å². The van der Waals surface area contributed by atoms with Crippen molar-refractivity contribution in [2.24, 2.45) is 11.3 Å². The van der Waals surface area contributed by atoms with E-state index in [2.05, 4.69) is 40.7 Å². The molecule has 2 fully saturated rings. The Morgan fingerprint density at radius 1 is 1.34 bits per heavy atom. The van der Waals surface area contributed by atoms with Crippen LogP contribution < -0.4 is 4.74 Å². The zero-order chi connectivity index (χ0) is 26.2. The summed E-state index contributed by atoms with van der Waals surface area (Å²) < 4.78 is 20.1. The van der Waals surface area contributed by atoms with Crippen molar-refractivity contribution in [1.82, 2.24) is 4.90 Å². The standard InChI is InChI=1S/C20H27FO.C6H9NO3.C3H8/c1-13(2)17-8-15(4)18(21)9-19(17)22-12-20-6-5-16(11-20)7-14(3)10-20;8-4-7-3-1-2-5(7)6(9)10;1-3-2/h5,8-9,13-14H,6-7,10-12H2,1-4H3;4-5H,1-3H2,(H,9,10);3H2,1-2H3. The molecule has 1 heterocycles. The van der Waals surface area contributed by atoms with Gasteiger partial charge in [-0.2, -0.15) is 0 Å². The summed E-state index contributed by atoms with van der Waals surface area (Å²) >= 11 is 0. The SMILES string of the molecule is CCC.Cc1cc(C(C)C)c(OCC23CC=C(CC(C)C2)C3)cc1F.O=CN1CCCC1C(=O)O. The Morgan fingerprint density at radius 2 is 2.03 bits per heavy atom. The number of carboxylic acids is 1. The van der Waals surface area contributed by atoms with E-state index in [1.54, 1.807) is 11.6 Å². The summed E-state index contributed by atoms with van der Waals surface area (Å²) in [4.78, 5) is 21.9. The largest absolute Gasteiger partial charge is 0.493 e. The number of ether oxygens (including phenoxy) is 1. The second-order valence-corrected chi connectivity index (χ2v) is 10.9. The van der Waals surface area contributed by atoms with Crippen LogP contribution in [0.5, 0.6) is 5.75 Å². The van der Waals surface area contributed by atoms with Gasteiger partial charge < -0.3 is 14.7 Å². The van der Waals surface area contributed by atoms with Crippen LogP contribution in [-0.4, -0.2) is 41.6 Å². The summed E-state index contributed by atoms with van der Waals surface area (Å²) in [6, 6.07) is 2.95. The summed E-state index contributed by atoms with van der Waals surface area (Å²) in [6.07, 6.45) is 10.4. The molecule has 1 N–H and O–H groups in total. The number of benzene rings is 1.